The normalized spacial score (nSPS) is 14.8. The van der Waals surface area contributed by atoms with Crippen LogP contribution in [-0.2, 0) is 16.4 Å². The van der Waals surface area contributed by atoms with E-state index in [9.17, 15) is 8.42 Å². The van der Waals surface area contributed by atoms with Gasteiger partial charge < -0.3 is 4.90 Å². The molecule has 1 aliphatic heterocycles. The molecule has 2 aromatic carbocycles. The number of para-hydroxylation sites is 2. The van der Waals surface area contributed by atoms with Crippen molar-refractivity contribution in [2.45, 2.75) is 18.2 Å². The lowest BCUT2D eigenvalue weighted by Crippen LogP contribution is -2.42. The van der Waals surface area contributed by atoms with Gasteiger partial charge in [-0.2, -0.15) is 0 Å². The smallest absolute Gasteiger partial charge is 0.264 e. The molecule has 0 atom stereocenters. The van der Waals surface area contributed by atoms with Gasteiger partial charge >= 0.3 is 0 Å². The van der Waals surface area contributed by atoms with Gasteiger partial charge in [-0.1, -0.05) is 31.2 Å². The molecule has 0 saturated heterocycles. The highest BCUT2D eigenvalue weighted by Gasteiger charge is 2.30. The summed E-state index contributed by atoms with van der Waals surface area (Å²) in [5.41, 5.74) is 2.83. The number of hydrogen-bond donors (Lipinski definition) is 0. The van der Waals surface area contributed by atoms with E-state index in [1.807, 2.05) is 43.4 Å². The minimum atomic E-state index is -3.52. The number of rotatable bonds is 3. The highest BCUT2D eigenvalue weighted by molar-refractivity contribution is 7.92. The summed E-state index contributed by atoms with van der Waals surface area (Å²) >= 11 is 0. The minimum absolute atomic E-state index is 0.351. The molecule has 22 heavy (non-hydrogen) atoms. The largest absolute Gasteiger partial charge is 0.371 e. The first-order valence-electron chi connectivity index (χ1n) is 7.46. The molecule has 0 spiro atoms. The van der Waals surface area contributed by atoms with E-state index in [-0.39, 0.29) is 0 Å². The Labute approximate surface area is 132 Å². The summed E-state index contributed by atoms with van der Waals surface area (Å²) < 4.78 is 27.4. The number of anilines is 2. The van der Waals surface area contributed by atoms with Gasteiger partial charge in [-0.05, 0) is 36.2 Å². The maximum absolute atomic E-state index is 13.0. The Balaban J connectivity index is 2.04. The summed E-state index contributed by atoms with van der Waals surface area (Å²) in [4.78, 5) is 2.44. The highest BCUT2D eigenvalue weighted by atomic mass is 32.2. The van der Waals surface area contributed by atoms with Gasteiger partial charge in [0, 0.05) is 13.6 Å². The number of likely N-dealkylation sites (N-methyl/N-ethyl adjacent to an activating group) is 1. The third-order valence-electron chi connectivity index (χ3n) is 4.12. The molecule has 0 aliphatic carbocycles. The molecular formula is C17H20N2O2S. The summed E-state index contributed by atoms with van der Waals surface area (Å²) in [6.45, 7) is 3.20. The van der Waals surface area contributed by atoms with Crippen LogP contribution in [0, 0.1) is 0 Å². The van der Waals surface area contributed by atoms with Crippen LogP contribution in [0.25, 0.3) is 0 Å². The molecule has 5 heteroatoms. The fraction of sp³-hybridized carbons (Fsp3) is 0.294. The van der Waals surface area contributed by atoms with Crippen LogP contribution in [0.2, 0.25) is 0 Å². The lowest BCUT2D eigenvalue weighted by Gasteiger charge is -2.36. The first-order chi connectivity index (χ1) is 10.5. The van der Waals surface area contributed by atoms with E-state index in [1.54, 1.807) is 12.1 Å². The maximum Gasteiger partial charge on any atom is 0.264 e. The Morgan fingerprint density at radius 1 is 0.955 bits per heavy atom. The van der Waals surface area contributed by atoms with E-state index < -0.39 is 10.0 Å². The van der Waals surface area contributed by atoms with Gasteiger partial charge in [0.1, 0.15) is 0 Å². The zero-order valence-electron chi connectivity index (χ0n) is 12.9. The molecule has 0 unspecified atom stereocenters. The van der Waals surface area contributed by atoms with E-state index >= 15 is 0 Å². The zero-order chi connectivity index (χ0) is 15.7. The monoisotopic (exact) mass is 316 g/mol. The van der Waals surface area contributed by atoms with Crippen molar-refractivity contribution in [2.75, 3.05) is 29.3 Å². The first kappa shape index (κ1) is 14.9. The Bertz CT molecular complexity index is 770. The second-order valence-electron chi connectivity index (χ2n) is 5.48. The van der Waals surface area contributed by atoms with E-state index in [2.05, 4.69) is 11.8 Å². The molecule has 0 bridgehead atoms. The van der Waals surface area contributed by atoms with E-state index in [4.69, 9.17) is 0 Å². The number of aryl methyl sites for hydroxylation is 1. The van der Waals surface area contributed by atoms with E-state index in [0.29, 0.717) is 18.0 Å². The lowest BCUT2D eigenvalue weighted by atomic mass is 10.2. The highest BCUT2D eigenvalue weighted by Crippen LogP contribution is 2.35. The topological polar surface area (TPSA) is 40.6 Å². The molecule has 1 heterocycles. The first-order valence-corrected chi connectivity index (χ1v) is 8.90. The minimum Gasteiger partial charge on any atom is -0.371 e. The van der Waals surface area contributed by atoms with Crippen LogP contribution in [0.4, 0.5) is 11.4 Å². The van der Waals surface area contributed by atoms with E-state index in [1.165, 1.54) is 4.31 Å². The average molecular weight is 316 g/mol. The summed E-state index contributed by atoms with van der Waals surface area (Å²) in [5.74, 6) is 0. The summed E-state index contributed by atoms with van der Waals surface area (Å²) in [7, 11) is -1.53. The Hall–Kier alpha value is -2.01. The van der Waals surface area contributed by atoms with Crippen molar-refractivity contribution in [1.82, 2.24) is 0 Å². The molecule has 116 valence electrons. The van der Waals surface area contributed by atoms with Crippen molar-refractivity contribution >= 4 is 21.4 Å². The van der Waals surface area contributed by atoms with Crippen LogP contribution in [0.3, 0.4) is 0 Å². The lowest BCUT2D eigenvalue weighted by molar-refractivity contribution is 0.589. The third-order valence-corrected chi connectivity index (χ3v) is 5.95. The Kier molecular flexibility index (Phi) is 3.83. The van der Waals surface area contributed by atoms with Crippen molar-refractivity contribution in [3.05, 3.63) is 54.1 Å². The number of hydrogen-bond acceptors (Lipinski definition) is 3. The molecule has 0 amide bonds. The van der Waals surface area contributed by atoms with Crippen LogP contribution in [0.15, 0.2) is 53.4 Å². The standard InChI is InChI=1S/C17H20N2O2S/c1-3-14-8-10-15(11-9-14)22(20,21)19-13-12-18(2)16-6-4-5-7-17(16)19/h4-11H,3,12-13H2,1-2H3. The molecule has 0 aromatic heterocycles. The van der Waals surface area contributed by atoms with Crippen LogP contribution in [-0.4, -0.2) is 28.6 Å². The average Bonchev–Trinajstić information content (AvgIpc) is 2.55. The summed E-state index contributed by atoms with van der Waals surface area (Å²) in [5, 5.41) is 0. The van der Waals surface area contributed by atoms with Crippen molar-refractivity contribution in [2.24, 2.45) is 0 Å². The number of sulfonamides is 1. The SMILES string of the molecule is CCc1ccc(S(=O)(=O)N2CCN(C)c3ccccc32)cc1. The molecule has 0 radical (unpaired) electrons. The molecule has 0 N–H and O–H groups in total. The van der Waals surface area contributed by atoms with Crippen molar-refractivity contribution < 1.29 is 8.42 Å². The van der Waals surface area contributed by atoms with Crippen LogP contribution < -0.4 is 9.21 Å². The van der Waals surface area contributed by atoms with Gasteiger partial charge in [0.05, 0.1) is 22.8 Å². The third kappa shape index (κ3) is 2.46. The van der Waals surface area contributed by atoms with Crippen molar-refractivity contribution in [3.8, 4) is 0 Å². The summed E-state index contributed by atoms with van der Waals surface area (Å²) in [6.07, 6.45) is 0.900. The Morgan fingerprint density at radius 3 is 2.23 bits per heavy atom. The molecule has 3 rings (SSSR count). The number of benzene rings is 2. The van der Waals surface area contributed by atoms with Gasteiger partial charge in [-0.15, -0.1) is 0 Å². The zero-order valence-corrected chi connectivity index (χ0v) is 13.7. The molecule has 1 aliphatic rings. The predicted molar refractivity (Wildman–Crippen MR) is 90.1 cm³/mol. The fourth-order valence-electron chi connectivity index (χ4n) is 2.75. The fourth-order valence-corrected chi connectivity index (χ4v) is 4.22. The van der Waals surface area contributed by atoms with Gasteiger partial charge in [0.15, 0.2) is 0 Å². The second-order valence-corrected chi connectivity index (χ2v) is 7.35. The number of fused-ring (bicyclic) bond motifs is 1. The molecule has 4 nitrogen and oxygen atoms in total. The van der Waals surface area contributed by atoms with Crippen molar-refractivity contribution in [1.29, 1.82) is 0 Å². The maximum atomic E-state index is 13.0. The predicted octanol–water partition coefficient (Wildman–Crippen LogP) is 2.89. The van der Waals surface area contributed by atoms with Crippen LogP contribution in [0.5, 0.6) is 0 Å². The number of nitrogens with zero attached hydrogens (tertiary/aromatic N) is 2. The molecule has 2 aromatic rings. The Morgan fingerprint density at radius 2 is 1.59 bits per heavy atom. The molecule has 0 fully saturated rings. The van der Waals surface area contributed by atoms with Gasteiger partial charge in [0.2, 0.25) is 0 Å². The van der Waals surface area contributed by atoms with Crippen LogP contribution in [0.1, 0.15) is 12.5 Å². The van der Waals surface area contributed by atoms with Gasteiger partial charge in [0.25, 0.3) is 10.0 Å². The quantitative estimate of drug-likeness (QED) is 0.874. The van der Waals surface area contributed by atoms with Gasteiger partial charge in [-0.25, -0.2) is 8.42 Å². The van der Waals surface area contributed by atoms with Crippen LogP contribution >= 0.6 is 0 Å². The second kappa shape index (κ2) is 5.65. The summed E-state index contributed by atoms with van der Waals surface area (Å²) in [6, 6.07) is 14.8. The van der Waals surface area contributed by atoms with E-state index in [0.717, 1.165) is 23.4 Å². The molecule has 0 saturated carbocycles. The molecular weight excluding hydrogens is 296 g/mol. The van der Waals surface area contributed by atoms with Crippen molar-refractivity contribution in [3.63, 3.8) is 0 Å². The van der Waals surface area contributed by atoms with Gasteiger partial charge in [-0.3, -0.25) is 4.31 Å².